The zero-order valence-corrected chi connectivity index (χ0v) is 9.80. The topological polar surface area (TPSA) is 72.0 Å². The number of H-pyrrole nitrogens is 1. The number of imidazole rings is 2. The molecule has 3 aromatic rings. The third kappa shape index (κ3) is 1.16. The number of nitrogen functional groups attached to an aromatic ring is 1. The summed E-state index contributed by atoms with van der Waals surface area (Å²) in [5, 5.41) is 1.71. The number of aromatic amines is 1. The highest BCUT2D eigenvalue weighted by Crippen LogP contribution is 2.31. The van der Waals surface area contributed by atoms with Gasteiger partial charge in [0.25, 0.3) is 0 Å². The first-order valence-electron chi connectivity index (χ1n) is 4.91. The summed E-state index contributed by atoms with van der Waals surface area (Å²) >= 11 is 1.50. The summed E-state index contributed by atoms with van der Waals surface area (Å²) in [5.74, 6) is 0.817. The van der Waals surface area contributed by atoms with Gasteiger partial charge in [-0.05, 0) is 13.8 Å². The molecule has 3 rings (SSSR count). The largest absolute Gasteiger partial charge is 0.389 e. The fourth-order valence-corrected chi connectivity index (χ4v) is 2.54. The molecule has 0 aliphatic rings. The van der Waals surface area contributed by atoms with E-state index in [9.17, 15) is 0 Å². The van der Waals surface area contributed by atoms with E-state index in [4.69, 9.17) is 5.73 Å². The van der Waals surface area contributed by atoms with Gasteiger partial charge in [-0.2, -0.15) is 0 Å². The summed E-state index contributed by atoms with van der Waals surface area (Å²) in [7, 11) is 0. The first kappa shape index (κ1) is 9.41. The van der Waals surface area contributed by atoms with Gasteiger partial charge in [-0.15, -0.1) is 11.3 Å². The maximum Gasteiger partial charge on any atom is 0.211 e. The number of aryl methyl sites for hydroxylation is 2. The van der Waals surface area contributed by atoms with Gasteiger partial charge in [0, 0.05) is 18.1 Å². The molecule has 0 spiro atoms. The van der Waals surface area contributed by atoms with Gasteiger partial charge in [0.2, 0.25) is 5.78 Å². The Morgan fingerprint density at radius 3 is 2.88 bits per heavy atom. The van der Waals surface area contributed by atoms with Gasteiger partial charge in [-0.25, -0.2) is 9.97 Å². The zero-order chi connectivity index (χ0) is 11.3. The summed E-state index contributed by atoms with van der Waals surface area (Å²) in [5.41, 5.74) is 8.79. The lowest BCUT2D eigenvalue weighted by molar-refractivity contribution is 1.13. The molecule has 0 fully saturated rings. The van der Waals surface area contributed by atoms with Gasteiger partial charge in [-0.3, -0.25) is 4.40 Å². The number of nitrogens with two attached hydrogens (primary N) is 1. The molecule has 3 aromatic heterocycles. The number of fused-ring (bicyclic) bond motifs is 1. The molecule has 5 nitrogen and oxygen atoms in total. The molecule has 0 saturated carbocycles. The molecule has 16 heavy (non-hydrogen) atoms. The summed E-state index contributed by atoms with van der Waals surface area (Å²) in [6.07, 6.45) is 3.68. The van der Waals surface area contributed by atoms with E-state index >= 15 is 0 Å². The van der Waals surface area contributed by atoms with Crippen LogP contribution in [0.3, 0.4) is 0 Å². The Morgan fingerprint density at radius 2 is 2.25 bits per heavy atom. The van der Waals surface area contributed by atoms with E-state index < -0.39 is 0 Å². The number of rotatable bonds is 1. The molecule has 0 aliphatic heterocycles. The van der Waals surface area contributed by atoms with Gasteiger partial charge in [0.1, 0.15) is 10.7 Å². The van der Waals surface area contributed by atoms with Gasteiger partial charge in [0.05, 0.1) is 10.7 Å². The average Bonchev–Trinajstić information content (AvgIpc) is 2.85. The van der Waals surface area contributed by atoms with Crippen LogP contribution in [-0.4, -0.2) is 19.4 Å². The molecule has 0 aromatic carbocycles. The lowest BCUT2D eigenvalue weighted by Gasteiger charge is -1.96. The molecule has 82 valence electrons. The van der Waals surface area contributed by atoms with Crippen LogP contribution in [-0.2, 0) is 0 Å². The zero-order valence-electron chi connectivity index (χ0n) is 8.98. The van der Waals surface area contributed by atoms with E-state index in [-0.39, 0.29) is 0 Å². The number of nitrogens with one attached hydrogen (secondary N) is 1. The van der Waals surface area contributed by atoms with E-state index in [1.165, 1.54) is 11.3 Å². The van der Waals surface area contributed by atoms with Crippen molar-refractivity contribution < 1.29 is 0 Å². The number of hydrogen-bond acceptors (Lipinski definition) is 4. The van der Waals surface area contributed by atoms with Crippen molar-refractivity contribution in [2.75, 3.05) is 5.73 Å². The molecule has 3 heterocycles. The monoisotopic (exact) mass is 233 g/mol. The normalized spacial score (nSPS) is 11.4. The molecular weight excluding hydrogens is 222 g/mol. The lowest BCUT2D eigenvalue weighted by atomic mass is 10.3. The summed E-state index contributed by atoms with van der Waals surface area (Å²) in [4.78, 5) is 11.9. The number of thiazole rings is 1. The van der Waals surface area contributed by atoms with Crippen molar-refractivity contribution in [3.05, 3.63) is 23.1 Å². The predicted molar refractivity (Wildman–Crippen MR) is 64.5 cm³/mol. The molecule has 0 radical (unpaired) electrons. The third-order valence-electron chi connectivity index (χ3n) is 2.60. The smallest absolute Gasteiger partial charge is 0.211 e. The molecule has 6 heteroatoms. The van der Waals surface area contributed by atoms with Crippen molar-refractivity contribution >= 4 is 22.1 Å². The first-order valence-corrected chi connectivity index (χ1v) is 5.73. The Bertz CT molecular complexity index is 660. The lowest BCUT2D eigenvalue weighted by Crippen LogP contribution is -1.89. The maximum absolute atomic E-state index is 5.94. The third-order valence-corrected chi connectivity index (χ3v) is 3.40. The van der Waals surface area contributed by atoms with E-state index in [0.717, 1.165) is 32.9 Å². The molecule has 3 N–H and O–H groups in total. The van der Waals surface area contributed by atoms with Gasteiger partial charge >= 0.3 is 0 Å². The molecule has 0 atom stereocenters. The van der Waals surface area contributed by atoms with Crippen molar-refractivity contribution in [2.24, 2.45) is 0 Å². The van der Waals surface area contributed by atoms with E-state index in [1.54, 1.807) is 6.20 Å². The van der Waals surface area contributed by atoms with Crippen LogP contribution in [0, 0.1) is 13.8 Å². The van der Waals surface area contributed by atoms with Crippen LogP contribution < -0.4 is 5.73 Å². The fraction of sp³-hybridized carbons (Fsp3) is 0.200. The number of anilines is 1. The SMILES string of the molecule is Cc1nc(-c2[nH]c3nccn3c2C)c(N)s1. The Balaban J connectivity index is 2.29. The quantitative estimate of drug-likeness (QED) is 0.675. The van der Waals surface area contributed by atoms with Crippen molar-refractivity contribution in [1.82, 2.24) is 19.4 Å². The van der Waals surface area contributed by atoms with E-state index in [2.05, 4.69) is 15.0 Å². The van der Waals surface area contributed by atoms with Crippen molar-refractivity contribution in [2.45, 2.75) is 13.8 Å². The van der Waals surface area contributed by atoms with Crippen LogP contribution >= 0.6 is 11.3 Å². The van der Waals surface area contributed by atoms with Crippen molar-refractivity contribution in [1.29, 1.82) is 0 Å². The first-order chi connectivity index (χ1) is 7.66. The molecule has 0 unspecified atom stereocenters. The van der Waals surface area contributed by atoms with Gasteiger partial charge in [-0.1, -0.05) is 0 Å². The highest BCUT2D eigenvalue weighted by molar-refractivity contribution is 7.16. The van der Waals surface area contributed by atoms with Crippen LogP contribution in [0.1, 0.15) is 10.7 Å². The molecule has 0 amide bonds. The van der Waals surface area contributed by atoms with Crippen molar-refractivity contribution in [3.63, 3.8) is 0 Å². The van der Waals surface area contributed by atoms with Crippen molar-refractivity contribution in [3.8, 4) is 11.4 Å². The Labute approximate surface area is 96.0 Å². The van der Waals surface area contributed by atoms with Crippen LogP contribution in [0.25, 0.3) is 17.2 Å². The van der Waals surface area contributed by atoms with Gasteiger partial charge < -0.3 is 10.7 Å². The summed E-state index contributed by atoms with van der Waals surface area (Å²) in [6, 6.07) is 0. The standard InChI is InChI=1S/C10H11N5S/c1-5-7(8-9(11)16-6(2)13-8)14-10-12-3-4-15(5)10/h3-4H,11H2,1-2H3,(H,12,14). The summed E-state index contributed by atoms with van der Waals surface area (Å²) < 4.78 is 1.99. The Morgan fingerprint density at radius 1 is 1.44 bits per heavy atom. The Hall–Kier alpha value is -1.82. The minimum absolute atomic E-state index is 0.741. The van der Waals surface area contributed by atoms with Crippen LogP contribution in [0.4, 0.5) is 5.00 Å². The van der Waals surface area contributed by atoms with E-state index in [0.29, 0.717) is 0 Å². The fourth-order valence-electron chi connectivity index (χ4n) is 1.84. The number of nitrogens with zero attached hydrogens (tertiary/aromatic N) is 3. The average molecular weight is 233 g/mol. The van der Waals surface area contributed by atoms with Crippen LogP contribution in [0.2, 0.25) is 0 Å². The van der Waals surface area contributed by atoms with Crippen LogP contribution in [0.5, 0.6) is 0 Å². The predicted octanol–water partition coefficient (Wildman–Crippen LogP) is 1.98. The second-order valence-corrected chi connectivity index (χ2v) is 4.89. The summed E-state index contributed by atoms with van der Waals surface area (Å²) in [6.45, 7) is 3.97. The highest BCUT2D eigenvalue weighted by Gasteiger charge is 2.15. The highest BCUT2D eigenvalue weighted by atomic mass is 32.1. The van der Waals surface area contributed by atoms with Gasteiger partial charge in [0.15, 0.2) is 0 Å². The maximum atomic E-state index is 5.94. The molecule has 0 saturated heterocycles. The van der Waals surface area contributed by atoms with E-state index in [1.807, 2.05) is 24.4 Å². The minimum Gasteiger partial charge on any atom is -0.389 e. The molecule has 0 bridgehead atoms. The minimum atomic E-state index is 0.741. The second kappa shape index (κ2) is 3.08. The number of hydrogen-bond donors (Lipinski definition) is 2. The van der Waals surface area contributed by atoms with Crippen LogP contribution in [0.15, 0.2) is 12.4 Å². The number of aromatic nitrogens is 4. The second-order valence-electron chi connectivity index (χ2n) is 3.65. The molecule has 0 aliphatic carbocycles. The Kier molecular flexibility index (Phi) is 1.81. The molecular formula is C10H11N5S.